The zero-order valence-corrected chi connectivity index (χ0v) is 47.6. The van der Waals surface area contributed by atoms with Gasteiger partial charge < -0.3 is 14.2 Å². The van der Waals surface area contributed by atoms with E-state index in [0.717, 1.165) is 122 Å². The van der Waals surface area contributed by atoms with Crippen LogP contribution >= 0.6 is 0 Å². The molecule has 0 aromatic rings. The van der Waals surface area contributed by atoms with E-state index in [0.29, 0.717) is 19.3 Å². The number of hydrogen-bond donors (Lipinski definition) is 0. The molecule has 0 fully saturated rings. The quantitative estimate of drug-likeness (QED) is 0.0261. The van der Waals surface area contributed by atoms with Gasteiger partial charge in [0.05, 0.1) is 0 Å². The number of ether oxygens (including phenoxy) is 3. The van der Waals surface area contributed by atoms with Crippen molar-refractivity contribution >= 4 is 17.9 Å². The molecule has 0 rings (SSSR count). The molecule has 0 saturated carbocycles. The highest BCUT2D eigenvalue weighted by molar-refractivity contribution is 5.71. The van der Waals surface area contributed by atoms with E-state index in [-0.39, 0.29) is 31.1 Å². The van der Waals surface area contributed by atoms with Crippen molar-refractivity contribution in [3.63, 3.8) is 0 Å². The maximum Gasteiger partial charge on any atom is 0.306 e. The summed E-state index contributed by atoms with van der Waals surface area (Å²) in [5.74, 6) is -0.955. The first kappa shape index (κ1) is 69.1. The smallest absolute Gasteiger partial charge is 0.306 e. The number of carbonyl (C=O) groups excluding carboxylic acids is 3. The second-order valence-corrected chi connectivity index (χ2v) is 19.9. The molecule has 0 saturated heterocycles. The predicted molar refractivity (Wildman–Crippen MR) is 316 cm³/mol. The van der Waals surface area contributed by atoms with Crippen molar-refractivity contribution in [1.29, 1.82) is 0 Å². The topological polar surface area (TPSA) is 78.9 Å². The normalized spacial score (nSPS) is 12.9. The Morgan fingerprint density at radius 2 is 0.534 bits per heavy atom. The van der Waals surface area contributed by atoms with E-state index in [1.165, 1.54) is 116 Å². The van der Waals surface area contributed by atoms with Crippen molar-refractivity contribution in [1.82, 2.24) is 0 Å². The molecule has 0 aliphatic heterocycles. The van der Waals surface area contributed by atoms with Crippen LogP contribution in [0.4, 0.5) is 0 Å². The van der Waals surface area contributed by atoms with Crippen molar-refractivity contribution in [2.45, 2.75) is 284 Å². The fraction of sp³-hybridized carbons (Fsp3) is 0.687. The van der Waals surface area contributed by atoms with Crippen LogP contribution in [0.5, 0.6) is 0 Å². The molecule has 0 radical (unpaired) electrons. The van der Waals surface area contributed by atoms with Gasteiger partial charge in [0.25, 0.3) is 0 Å². The predicted octanol–water partition coefficient (Wildman–Crippen LogP) is 20.7. The lowest BCUT2D eigenvalue weighted by Gasteiger charge is -2.18. The lowest BCUT2D eigenvalue weighted by molar-refractivity contribution is -0.167. The van der Waals surface area contributed by atoms with Crippen LogP contribution in [0.1, 0.15) is 278 Å². The molecule has 0 spiro atoms. The molecular weight excluding hydrogens is 901 g/mol. The first-order valence-electron chi connectivity index (χ1n) is 30.4. The molecule has 0 heterocycles. The Labute approximate surface area is 450 Å². The number of hydrogen-bond acceptors (Lipinski definition) is 6. The second-order valence-electron chi connectivity index (χ2n) is 19.9. The zero-order chi connectivity index (χ0) is 52.9. The molecule has 73 heavy (non-hydrogen) atoms. The minimum atomic E-state index is -0.808. The summed E-state index contributed by atoms with van der Waals surface area (Å²) in [6.45, 7) is 6.46. The van der Waals surface area contributed by atoms with E-state index in [2.05, 4.69) is 130 Å². The van der Waals surface area contributed by atoms with Crippen molar-refractivity contribution in [3.8, 4) is 0 Å². The van der Waals surface area contributed by atoms with Crippen LogP contribution in [0.25, 0.3) is 0 Å². The van der Waals surface area contributed by atoms with Crippen LogP contribution in [-0.2, 0) is 28.6 Å². The average molecular weight is 1010 g/mol. The summed E-state index contributed by atoms with van der Waals surface area (Å²) in [6.07, 6.45) is 82.2. The summed E-state index contributed by atoms with van der Waals surface area (Å²) >= 11 is 0. The molecule has 0 aliphatic carbocycles. The van der Waals surface area contributed by atoms with Crippen LogP contribution in [-0.4, -0.2) is 37.2 Å². The molecule has 6 nitrogen and oxygen atoms in total. The highest BCUT2D eigenvalue weighted by atomic mass is 16.6. The third-order valence-electron chi connectivity index (χ3n) is 12.7. The van der Waals surface area contributed by atoms with E-state index in [9.17, 15) is 14.4 Å². The lowest BCUT2D eigenvalue weighted by atomic mass is 10.1. The zero-order valence-electron chi connectivity index (χ0n) is 47.6. The molecule has 1 atom stereocenters. The largest absolute Gasteiger partial charge is 0.462 e. The fourth-order valence-corrected chi connectivity index (χ4v) is 8.18. The second kappa shape index (κ2) is 60.6. The first-order chi connectivity index (χ1) is 36.0. The van der Waals surface area contributed by atoms with Gasteiger partial charge in [0.15, 0.2) is 6.10 Å². The molecule has 0 aliphatic rings. The minimum Gasteiger partial charge on any atom is -0.462 e. The number of carbonyl (C=O) groups is 3. The van der Waals surface area contributed by atoms with E-state index < -0.39 is 6.10 Å². The Morgan fingerprint density at radius 3 is 0.890 bits per heavy atom. The molecule has 416 valence electrons. The van der Waals surface area contributed by atoms with E-state index in [4.69, 9.17) is 14.2 Å². The van der Waals surface area contributed by atoms with Gasteiger partial charge in [-0.05, 0) is 128 Å². The van der Waals surface area contributed by atoms with Crippen LogP contribution in [0.2, 0.25) is 0 Å². The van der Waals surface area contributed by atoms with Crippen LogP contribution < -0.4 is 0 Å². The van der Waals surface area contributed by atoms with Crippen LogP contribution in [0, 0.1) is 0 Å². The fourth-order valence-electron chi connectivity index (χ4n) is 8.18. The summed E-state index contributed by atoms with van der Waals surface area (Å²) in [4.78, 5) is 38.3. The highest BCUT2D eigenvalue weighted by Gasteiger charge is 2.19. The minimum absolute atomic E-state index is 0.100. The van der Waals surface area contributed by atoms with Gasteiger partial charge in [-0.1, -0.05) is 239 Å². The van der Waals surface area contributed by atoms with Crippen molar-refractivity contribution < 1.29 is 28.6 Å². The Balaban J connectivity index is 4.49. The maximum atomic E-state index is 12.9. The molecule has 0 bridgehead atoms. The van der Waals surface area contributed by atoms with Crippen LogP contribution in [0.3, 0.4) is 0 Å². The van der Waals surface area contributed by atoms with E-state index >= 15 is 0 Å². The van der Waals surface area contributed by atoms with Gasteiger partial charge in [0, 0.05) is 19.3 Å². The number of rotatable bonds is 54. The number of unbranched alkanes of at least 4 members (excludes halogenated alkanes) is 25. The van der Waals surface area contributed by atoms with E-state index in [1.807, 2.05) is 0 Å². The standard InChI is InChI=1S/C67H112O6/c1-4-7-10-13-16-19-22-25-28-31-33-36-38-41-44-47-50-53-56-59-65(68)71-62-64(73-67(70)61-58-55-52-49-46-43-40-35-30-27-24-21-18-15-12-9-6-3)63-72-66(69)60-57-54-51-48-45-42-39-37-34-32-29-26-23-20-17-14-11-8-5-2/h9,12,16,18-19,21,25-30,33,36,40-41,43-44,64H,4-8,10-11,13-15,17,20,22-24,31-32,34-35,37-39,42,45-63H2,1-3H3/b12-9-,19-16-,21-18-,28-25-,29-26-,30-27-,36-33-,43-40-,44-41-/t64-/m1/s1. The molecule has 0 amide bonds. The van der Waals surface area contributed by atoms with Gasteiger partial charge in [-0.15, -0.1) is 0 Å². The SMILES string of the molecule is CC/C=C\C/C=C\C/C=C\C/C=C\CCCCCCC(=O)O[C@H](COC(=O)CCCCC/C=C\C/C=C\C/C=C\C/C=C\CCCCC)COC(=O)CCCCCCCCCCC/C=C\CCCCCCCC. The lowest BCUT2D eigenvalue weighted by Crippen LogP contribution is -2.30. The summed E-state index contributed by atoms with van der Waals surface area (Å²) in [5.41, 5.74) is 0. The molecule has 0 aromatic carbocycles. The van der Waals surface area contributed by atoms with Crippen molar-refractivity contribution in [2.75, 3.05) is 13.2 Å². The molecule has 0 aromatic heterocycles. The van der Waals surface area contributed by atoms with Gasteiger partial charge in [-0.25, -0.2) is 0 Å². The molecule has 0 N–H and O–H groups in total. The third-order valence-corrected chi connectivity index (χ3v) is 12.7. The highest BCUT2D eigenvalue weighted by Crippen LogP contribution is 2.15. The Morgan fingerprint density at radius 1 is 0.288 bits per heavy atom. The summed E-state index contributed by atoms with van der Waals surface area (Å²) in [6, 6.07) is 0. The Hall–Kier alpha value is -3.93. The van der Waals surface area contributed by atoms with E-state index in [1.54, 1.807) is 0 Å². The summed E-state index contributed by atoms with van der Waals surface area (Å²) in [7, 11) is 0. The van der Waals surface area contributed by atoms with Crippen molar-refractivity contribution in [3.05, 3.63) is 109 Å². The summed E-state index contributed by atoms with van der Waals surface area (Å²) < 4.78 is 16.9. The molecule has 0 unspecified atom stereocenters. The van der Waals surface area contributed by atoms with Gasteiger partial charge in [-0.2, -0.15) is 0 Å². The molecular formula is C67H112O6. The van der Waals surface area contributed by atoms with Gasteiger partial charge >= 0.3 is 17.9 Å². The maximum absolute atomic E-state index is 12.9. The third kappa shape index (κ3) is 58.8. The number of esters is 3. The van der Waals surface area contributed by atoms with Crippen LogP contribution in [0.15, 0.2) is 109 Å². The summed E-state index contributed by atoms with van der Waals surface area (Å²) in [5, 5.41) is 0. The number of allylic oxidation sites excluding steroid dienone is 18. The monoisotopic (exact) mass is 1010 g/mol. The van der Waals surface area contributed by atoms with Gasteiger partial charge in [-0.3, -0.25) is 14.4 Å². The average Bonchev–Trinajstić information content (AvgIpc) is 3.39. The Bertz CT molecular complexity index is 1490. The van der Waals surface area contributed by atoms with Gasteiger partial charge in [0.2, 0.25) is 0 Å². The molecule has 6 heteroatoms. The first-order valence-corrected chi connectivity index (χ1v) is 30.4. The van der Waals surface area contributed by atoms with Crippen molar-refractivity contribution in [2.24, 2.45) is 0 Å². The van der Waals surface area contributed by atoms with Gasteiger partial charge in [0.1, 0.15) is 13.2 Å². The Kier molecular flexibility index (Phi) is 57.4.